The number of hydrogen-bond acceptors (Lipinski definition) is 5. The average Bonchev–Trinajstić information content (AvgIpc) is 2.78. The topological polar surface area (TPSA) is 78.8 Å². The lowest BCUT2D eigenvalue weighted by Gasteiger charge is -2.06. The summed E-state index contributed by atoms with van der Waals surface area (Å²) in [5, 5.41) is 11.2. The summed E-state index contributed by atoms with van der Waals surface area (Å²) in [6.45, 7) is 0.430. The molecule has 0 fully saturated rings. The summed E-state index contributed by atoms with van der Waals surface area (Å²) in [5.74, 6) is 0.318. The van der Waals surface area contributed by atoms with Crippen molar-refractivity contribution in [3.05, 3.63) is 29.8 Å². The van der Waals surface area contributed by atoms with E-state index in [1.165, 1.54) is 23.9 Å². The van der Waals surface area contributed by atoms with E-state index in [4.69, 9.17) is 10.5 Å². The van der Waals surface area contributed by atoms with Gasteiger partial charge in [-0.2, -0.15) is 4.68 Å². The minimum Gasteiger partial charge on any atom is -0.494 e. The molecule has 0 saturated heterocycles. The van der Waals surface area contributed by atoms with Crippen LogP contribution in [-0.2, 0) is 6.42 Å². The van der Waals surface area contributed by atoms with Crippen LogP contribution in [0.2, 0.25) is 0 Å². The molecule has 0 bridgehead atoms. The number of tetrazole rings is 1. The fraction of sp³-hybridized carbons (Fsp3) is 0.300. The van der Waals surface area contributed by atoms with Gasteiger partial charge in [0.15, 0.2) is 17.4 Å². The zero-order valence-corrected chi connectivity index (χ0v) is 9.30. The van der Waals surface area contributed by atoms with Crippen molar-refractivity contribution in [1.29, 1.82) is 0 Å². The van der Waals surface area contributed by atoms with Crippen LogP contribution >= 0.6 is 0 Å². The molecule has 0 amide bonds. The van der Waals surface area contributed by atoms with Crippen LogP contribution in [0.3, 0.4) is 0 Å². The summed E-state index contributed by atoms with van der Waals surface area (Å²) in [5.41, 5.74) is 5.98. The number of methoxy groups -OCH3 is 1. The second kappa shape index (κ2) is 4.88. The van der Waals surface area contributed by atoms with E-state index in [0.29, 0.717) is 24.5 Å². The van der Waals surface area contributed by atoms with Gasteiger partial charge in [0.25, 0.3) is 0 Å². The van der Waals surface area contributed by atoms with Gasteiger partial charge < -0.3 is 10.5 Å². The van der Waals surface area contributed by atoms with Crippen molar-refractivity contribution in [3.63, 3.8) is 0 Å². The number of halogens is 1. The summed E-state index contributed by atoms with van der Waals surface area (Å²) in [6, 6.07) is 4.52. The minimum absolute atomic E-state index is 0.183. The van der Waals surface area contributed by atoms with Crippen LogP contribution in [0.1, 0.15) is 5.82 Å². The second-order valence-electron chi connectivity index (χ2n) is 3.36. The molecule has 0 aliphatic rings. The third-order valence-electron chi connectivity index (χ3n) is 2.28. The standard InChI is InChI=1S/C10H12FN5O/c1-17-9-3-2-7(6-8(9)11)16-10(4-5-12)13-14-15-16/h2-3,6H,4-5,12H2,1H3. The van der Waals surface area contributed by atoms with Crippen molar-refractivity contribution in [3.8, 4) is 11.4 Å². The lowest BCUT2D eigenvalue weighted by atomic mass is 10.3. The molecule has 6 nitrogen and oxygen atoms in total. The maximum atomic E-state index is 13.5. The quantitative estimate of drug-likeness (QED) is 0.828. The highest BCUT2D eigenvalue weighted by Crippen LogP contribution is 2.19. The first kappa shape index (κ1) is 11.5. The maximum Gasteiger partial charge on any atom is 0.167 e. The number of hydrogen-bond donors (Lipinski definition) is 1. The van der Waals surface area contributed by atoms with E-state index in [2.05, 4.69) is 15.5 Å². The molecular formula is C10H12FN5O. The van der Waals surface area contributed by atoms with E-state index in [9.17, 15) is 4.39 Å². The number of nitrogens with two attached hydrogens (primary N) is 1. The van der Waals surface area contributed by atoms with E-state index in [-0.39, 0.29) is 5.75 Å². The minimum atomic E-state index is -0.459. The Labute approximate surface area is 97.2 Å². The van der Waals surface area contributed by atoms with Gasteiger partial charge in [0.05, 0.1) is 12.8 Å². The number of rotatable bonds is 4. The van der Waals surface area contributed by atoms with Crippen LogP contribution in [0.4, 0.5) is 4.39 Å². The molecule has 2 rings (SSSR count). The highest BCUT2D eigenvalue weighted by Gasteiger charge is 2.10. The molecule has 0 radical (unpaired) electrons. The molecule has 0 unspecified atom stereocenters. The molecule has 1 aromatic heterocycles. The zero-order chi connectivity index (χ0) is 12.3. The second-order valence-corrected chi connectivity index (χ2v) is 3.36. The van der Waals surface area contributed by atoms with E-state index >= 15 is 0 Å². The Morgan fingerprint density at radius 2 is 2.29 bits per heavy atom. The van der Waals surface area contributed by atoms with Gasteiger partial charge >= 0.3 is 0 Å². The largest absolute Gasteiger partial charge is 0.494 e. The van der Waals surface area contributed by atoms with Gasteiger partial charge in [-0.3, -0.25) is 0 Å². The summed E-state index contributed by atoms with van der Waals surface area (Å²) in [6.07, 6.45) is 0.528. The SMILES string of the molecule is COc1ccc(-n2nnnc2CCN)cc1F. The Hall–Kier alpha value is -2.02. The van der Waals surface area contributed by atoms with Crippen LogP contribution in [0.15, 0.2) is 18.2 Å². The summed E-state index contributed by atoms with van der Waals surface area (Å²) < 4.78 is 19.8. The number of ether oxygens (including phenoxy) is 1. The van der Waals surface area contributed by atoms with E-state index in [1.807, 2.05) is 0 Å². The lowest BCUT2D eigenvalue weighted by molar-refractivity contribution is 0.386. The molecule has 2 aromatic rings. The smallest absolute Gasteiger partial charge is 0.167 e. The molecule has 1 heterocycles. The van der Waals surface area contributed by atoms with Crippen molar-refractivity contribution in [2.24, 2.45) is 5.73 Å². The van der Waals surface area contributed by atoms with E-state index in [1.54, 1.807) is 6.07 Å². The van der Waals surface area contributed by atoms with Gasteiger partial charge in [-0.05, 0) is 29.1 Å². The lowest BCUT2D eigenvalue weighted by Crippen LogP contribution is -2.10. The van der Waals surface area contributed by atoms with Crippen LogP contribution < -0.4 is 10.5 Å². The summed E-state index contributed by atoms with van der Waals surface area (Å²) >= 11 is 0. The molecule has 7 heteroatoms. The summed E-state index contributed by atoms with van der Waals surface area (Å²) in [7, 11) is 1.41. The van der Waals surface area contributed by atoms with Crippen LogP contribution in [0.25, 0.3) is 5.69 Å². The molecule has 0 atom stereocenters. The molecule has 0 aliphatic carbocycles. The van der Waals surface area contributed by atoms with Crippen LogP contribution in [-0.4, -0.2) is 33.9 Å². The maximum absolute atomic E-state index is 13.5. The van der Waals surface area contributed by atoms with Crippen molar-refractivity contribution in [2.75, 3.05) is 13.7 Å². The Balaban J connectivity index is 2.39. The molecule has 2 N–H and O–H groups in total. The van der Waals surface area contributed by atoms with Crippen molar-refractivity contribution >= 4 is 0 Å². The fourth-order valence-electron chi connectivity index (χ4n) is 1.48. The molecule has 90 valence electrons. The third-order valence-corrected chi connectivity index (χ3v) is 2.28. The first-order chi connectivity index (χ1) is 8.26. The van der Waals surface area contributed by atoms with Crippen molar-refractivity contribution < 1.29 is 9.13 Å². The number of nitrogens with zero attached hydrogens (tertiary/aromatic N) is 4. The first-order valence-electron chi connectivity index (χ1n) is 5.07. The monoisotopic (exact) mass is 237 g/mol. The Morgan fingerprint density at radius 1 is 1.47 bits per heavy atom. The third kappa shape index (κ3) is 2.23. The molecule has 0 aliphatic heterocycles. The number of benzene rings is 1. The van der Waals surface area contributed by atoms with Gasteiger partial charge in [-0.15, -0.1) is 5.10 Å². The Kier molecular flexibility index (Phi) is 3.29. The van der Waals surface area contributed by atoms with Crippen LogP contribution in [0, 0.1) is 5.82 Å². The van der Waals surface area contributed by atoms with Gasteiger partial charge in [-0.25, -0.2) is 4.39 Å². The van der Waals surface area contributed by atoms with Gasteiger partial charge in [0.1, 0.15) is 0 Å². The zero-order valence-electron chi connectivity index (χ0n) is 9.30. The predicted octanol–water partition coefficient (Wildman–Crippen LogP) is 0.311. The molecule has 1 aromatic carbocycles. The molecule has 0 spiro atoms. The van der Waals surface area contributed by atoms with E-state index < -0.39 is 5.82 Å². The number of aromatic nitrogens is 4. The average molecular weight is 237 g/mol. The van der Waals surface area contributed by atoms with Crippen molar-refractivity contribution in [2.45, 2.75) is 6.42 Å². The first-order valence-corrected chi connectivity index (χ1v) is 5.07. The van der Waals surface area contributed by atoms with Gasteiger partial charge in [0.2, 0.25) is 0 Å². The molecular weight excluding hydrogens is 225 g/mol. The molecule has 17 heavy (non-hydrogen) atoms. The summed E-state index contributed by atoms with van der Waals surface area (Å²) in [4.78, 5) is 0. The predicted molar refractivity (Wildman–Crippen MR) is 58.4 cm³/mol. The van der Waals surface area contributed by atoms with Gasteiger partial charge in [0, 0.05) is 12.5 Å². The normalized spacial score (nSPS) is 10.5. The Bertz CT molecular complexity index is 513. The van der Waals surface area contributed by atoms with Gasteiger partial charge in [-0.1, -0.05) is 0 Å². The molecule has 0 saturated carbocycles. The van der Waals surface area contributed by atoms with Crippen molar-refractivity contribution in [1.82, 2.24) is 20.2 Å². The highest BCUT2D eigenvalue weighted by molar-refractivity contribution is 5.38. The van der Waals surface area contributed by atoms with E-state index in [0.717, 1.165) is 0 Å². The Morgan fingerprint density at radius 3 is 2.94 bits per heavy atom. The highest BCUT2D eigenvalue weighted by atomic mass is 19.1. The fourth-order valence-corrected chi connectivity index (χ4v) is 1.48. The van der Waals surface area contributed by atoms with Crippen LogP contribution in [0.5, 0.6) is 5.75 Å².